The van der Waals surface area contributed by atoms with Crippen LogP contribution in [0.4, 0.5) is 10.1 Å². The molecule has 1 aliphatic heterocycles. The summed E-state index contributed by atoms with van der Waals surface area (Å²) in [6.45, 7) is -0.184. The van der Waals surface area contributed by atoms with Crippen LogP contribution >= 0.6 is 11.8 Å². The fraction of sp³-hybridized carbons (Fsp3) is 0.0556. The zero-order valence-corrected chi connectivity index (χ0v) is 14.3. The van der Waals surface area contributed by atoms with Gasteiger partial charge in [0, 0.05) is 5.69 Å². The van der Waals surface area contributed by atoms with Crippen LogP contribution in [0.25, 0.3) is 6.08 Å². The largest absolute Gasteiger partial charge is 0.484 e. The van der Waals surface area contributed by atoms with Gasteiger partial charge in [0.1, 0.15) is 11.6 Å². The van der Waals surface area contributed by atoms with Crippen LogP contribution in [0.1, 0.15) is 5.56 Å². The van der Waals surface area contributed by atoms with Crippen molar-refractivity contribution in [1.82, 2.24) is 0 Å². The van der Waals surface area contributed by atoms with Gasteiger partial charge >= 0.3 is 0 Å². The molecule has 2 aromatic carbocycles. The number of hydrogen-bond acceptors (Lipinski definition) is 5. The van der Waals surface area contributed by atoms with E-state index >= 15 is 0 Å². The molecule has 0 atom stereocenters. The number of benzene rings is 2. The van der Waals surface area contributed by atoms with Crippen LogP contribution in [0.15, 0.2) is 58.4 Å². The number of nitrogens with zero attached hydrogens (tertiary/aromatic N) is 1. The van der Waals surface area contributed by atoms with Crippen molar-refractivity contribution in [3.8, 4) is 5.75 Å². The van der Waals surface area contributed by atoms with Crippen LogP contribution in [0.5, 0.6) is 5.75 Å². The summed E-state index contributed by atoms with van der Waals surface area (Å²) in [5.41, 5.74) is 6.77. The van der Waals surface area contributed by atoms with Crippen molar-refractivity contribution in [3.05, 3.63) is 64.8 Å². The molecule has 1 heterocycles. The summed E-state index contributed by atoms with van der Waals surface area (Å²) in [6, 6.07) is 12.3. The van der Waals surface area contributed by atoms with E-state index in [1.807, 2.05) is 0 Å². The van der Waals surface area contributed by atoms with Crippen molar-refractivity contribution < 1.29 is 18.7 Å². The van der Waals surface area contributed by atoms with Crippen LogP contribution in [-0.2, 0) is 9.59 Å². The Bertz CT molecular complexity index is 893. The maximum Gasteiger partial charge on any atom is 0.286 e. The van der Waals surface area contributed by atoms with Crippen LogP contribution in [0.2, 0.25) is 0 Å². The maximum atomic E-state index is 12.8. The zero-order chi connectivity index (χ0) is 18.5. The van der Waals surface area contributed by atoms with Crippen molar-refractivity contribution in [2.45, 2.75) is 0 Å². The SMILES string of the molecule is NC1=NC(=O)C(=Cc2ccc(OCC(=O)Nc3ccc(F)cc3)cc2)S1. The summed E-state index contributed by atoms with van der Waals surface area (Å²) >= 11 is 1.12. The highest BCUT2D eigenvalue weighted by molar-refractivity contribution is 8.18. The molecule has 6 nitrogen and oxygen atoms in total. The van der Waals surface area contributed by atoms with E-state index in [1.165, 1.54) is 24.3 Å². The van der Waals surface area contributed by atoms with Crippen LogP contribution < -0.4 is 15.8 Å². The van der Waals surface area contributed by atoms with E-state index < -0.39 is 0 Å². The number of thioether (sulfide) groups is 1. The molecular weight excluding hydrogens is 357 g/mol. The Kier molecular flexibility index (Phi) is 5.33. The Hall–Kier alpha value is -3.13. The number of amides is 2. The standard InChI is InChI=1S/C18H14FN3O3S/c19-12-3-5-13(6-4-12)21-16(23)10-25-14-7-1-11(2-8-14)9-15-17(24)22-18(20)26-15/h1-9H,10H2,(H,21,23)(H2,20,22,24). The molecule has 0 saturated heterocycles. The number of aliphatic imine (C=N–C) groups is 1. The molecule has 0 saturated carbocycles. The molecule has 3 N–H and O–H groups in total. The van der Waals surface area contributed by atoms with Crippen LogP contribution in [0.3, 0.4) is 0 Å². The Morgan fingerprint density at radius 2 is 1.88 bits per heavy atom. The normalized spacial score (nSPS) is 15.0. The van der Waals surface area contributed by atoms with Gasteiger partial charge in [0.15, 0.2) is 11.8 Å². The fourth-order valence-electron chi connectivity index (χ4n) is 2.12. The van der Waals surface area contributed by atoms with E-state index in [0.717, 1.165) is 17.3 Å². The number of carbonyl (C=O) groups excluding carboxylic acids is 2. The molecule has 2 amide bonds. The number of nitrogens with two attached hydrogens (primary N) is 1. The number of rotatable bonds is 5. The molecule has 2 aromatic rings. The molecular formula is C18H14FN3O3S. The Balaban J connectivity index is 1.53. The summed E-state index contributed by atoms with van der Waals surface area (Å²) < 4.78 is 18.2. The topological polar surface area (TPSA) is 93.8 Å². The predicted molar refractivity (Wildman–Crippen MR) is 99.2 cm³/mol. The minimum Gasteiger partial charge on any atom is -0.484 e. The molecule has 26 heavy (non-hydrogen) atoms. The van der Waals surface area contributed by atoms with Crippen molar-refractivity contribution in [2.24, 2.45) is 10.7 Å². The van der Waals surface area contributed by atoms with E-state index in [2.05, 4.69) is 10.3 Å². The first-order valence-electron chi connectivity index (χ1n) is 7.56. The third kappa shape index (κ3) is 4.70. The van der Waals surface area contributed by atoms with E-state index in [-0.39, 0.29) is 29.4 Å². The fourth-order valence-corrected chi connectivity index (χ4v) is 2.80. The third-order valence-electron chi connectivity index (χ3n) is 3.31. The van der Waals surface area contributed by atoms with E-state index in [9.17, 15) is 14.0 Å². The molecule has 3 rings (SSSR count). The molecule has 0 radical (unpaired) electrons. The van der Waals surface area contributed by atoms with Gasteiger partial charge < -0.3 is 15.8 Å². The summed E-state index contributed by atoms with van der Waals surface area (Å²) in [7, 11) is 0. The van der Waals surface area contributed by atoms with Gasteiger partial charge in [0.05, 0.1) is 4.91 Å². The maximum absolute atomic E-state index is 12.8. The minimum absolute atomic E-state index is 0.184. The lowest BCUT2D eigenvalue weighted by atomic mass is 10.2. The first kappa shape index (κ1) is 17.7. The predicted octanol–water partition coefficient (Wildman–Crippen LogP) is 2.77. The summed E-state index contributed by atoms with van der Waals surface area (Å²) in [5, 5.41) is 2.83. The van der Waals surface area contributed by atoms with E-state index in [4.69, 9.17) is 10.5 Å². The first-order valence-corrected chi connectivity index (χ1v) is 8.37. The highest BCUT2D eigenvalue weighted by atomic mass is 32.2. The van der Waals surface area contributed by atoms with Gasteiger partial charge in [0.2, 0.25) is 0 Å². The monoisotopic (exact) mass is 371 g/mol. The molecule has 132 valence electrons. The number of amidine groups is 1. The average Bonchev–Trinajstić information content (AvgIpc) is 2.93. The molecule has 8 heteroatoms. The lowest BCUT2D eigenvalue weighted by Crippen LogP contribution is -2.20. The molecule has 0 bridgehead atoms. The van der Waals surface area contributed by atoms with Gasteiger partial charge in [-0.05, 0) is 59.8 Å². The Morgan fingerprint density at radius 1 is 1.19 bits per heavy atom. The number of anilines is 1. The smallest absolute Gasteiger partial charge is 0.286 e. The van der Waals surface area contributed by atoms with Gasteiger partial charge in [-0.3, -0.25) is 9.59 Å². The first-order chi connectivity index (χ1) is 12.5. The zero-order valence-electron chi connectivity index (χ0n) is 13.4. The second kappa shape index (κ2) is 7.83. The lowest BCUT2D eigenvalue weighted by molar-refractivity contribution is -0.118. The lowest BCUT2D eigenvalue weighted by Gasteiger charge is -2.08. The Morgan fingerprint density at radius 3 is 2.50 bits per heavy atom. The van der Waals surface area contributed by atoms with Gasteiger partial charge in [-0.15, -0.1) is 0 Å². The number of halogens is 1. The number of nitrogens with one attached hydrogen (secondary N) is 1. The van der Waals surface area contributed by atoms with Crippen molar-refractivity contribution in [2.75, 3.05) is 11.9 Å². The van der Waals surface area contributed by atoms with Gasteiger partial charge in [0.25, 0.3) is 11.8 Å². The number of hydrogen-bond donors (Lipinski definition) is 2. The molecule has 0 unspecified atom stereocenters. The second-order valence-corrected chi connectivity index (χ2v) is 6.34. The average molecular weight is 371 g/mol. The third-order valence-corrected chi connectivity index (χ3v) is 4.13. The number of ether oxygens (including phenoxy) is 1. The number of carbonyl (C=O) groups is 2. The highest BCUT2D eigenvalue weighted by Crippen LogP contribution is 2.26. The van der Waals surface area contributed by atoms with Crippen molar-refractivity contribution >= 4 is 40.5 Å². The molecule has 0 aliphatic carbocycles. The molecule has 1 aliphatic rings. The van der Waals surface area contributed by atoms with E-state index in [0.29, 0.717) is 16.3 Å². The summed E-state index contributed by atoms with van der Waals surface area (Å²) in [4.78, 5) is 27.5. The molecule has 0 spiro atoms. The van der Waals surface area contributed by atoms with Gasteiger partial charge in [-0.2, -0.15) is 4.99 Å². The van der Waals surface area contributed by atoms with Crippen molar-refractivity contribution in [3.63, 3.8) is 0 Å². The van der Waals surface area contributed by atoms with Crippen LogP contribution in [0, 0.1) is 5.82 Å². The molecule has 0 fully saturated rings. The van der Waals surface area contributed by atoms with Crippen molar-refractivity contribution in [1.29, 1.82) is 0 Å². The molecule has 0 aromatic heterocycles. The van der Waals surface area contributed by atoms with E-state index in [1.54, 1.807) is 30.3 Å². The quantitative estimate of drug-likeness (QED) is 0.788. The highest BCUT2D eigenvalue weighted by Gasteiger charge is 2.19. The van der Waals surface area contributed by atoms with Gasteiger partial charge in [-0.25, -0.2) is 4.39 Å². The Labute approximate surface area is 152 Å². The van der Waals surface area contributed by atoms with Crippen LogP contribution in [-0.4, -0.2) is 23.6 Å². The van der Waals surface area contributed by atoms with Gasteiger partial charge in [-0.1, -0.05) is 12.1 Å². The summed E-state index contributed by atoms with van der Waals surface area (Å²) in [5.74, 6) is -0.586. The second-order valence-electron chi connectivity index (χ2n) is 5.28. The minimum atomic E-state index is -0.374. The summed E-state index contributed by atoms with van der Waals surface area (Å²) in [6.07, 6.45) is 1.68.